The van der Waals surface area contributed by atoms with Crippen LogP contribution in [0.1, 0.15) is 53.4 Å². The van der Waals surface area contributed by atoms with Crippen molar-refractivity contribution in [3.63, 3.8) is 0 Å². The third-order valence-corrected chi connectivity index (χ3v) is 7.09. The van der Waals surface area contributed by atoms with Gasteiger partial charge in [-0.1, -0.05) is 6.07 Å². The van der Waals surface area contributed by atoms with Gasteiger partial charge in [0.1, 0.15) is 22.9 Å². The number of aliphatic hydroxyl groups is 1. The maximum absolute atomic E-state index is 14.3. The number of halogens is 2. The van der Waals surface area contributed by atoms with E-state index in [0.29, 0.717) is 18.4 Å². The number of pyridine rings is 2. The fraction of sp³-hybridized carbons (Fsp3) is 0.346. The van der Waals surface area contributed by atoms with Crippen LogP contribution in [0.4, 0.5) is 14.5 Å². The maximum Gasteiger partial charge on any atom is 0.187 e. The number of hydrogen-bond acceptors (Lipinski definition) is 7. The number of ketones is 1. The van der Waals surface area contributed by atoms with Crippen LogP contribution in [0.5, 0.6) is 0 Å². The maximum atomic E-state index is 14.3. The van der Waals surface area contributed by atoms with Crippen molar-refractivity contribution in [1.82, 2.24) is 9.97 Å². The molecule has 1 aliphatic carbocycles. The first-order chi connectivity index (χ1) is 16.8. The molecule has 35 heavy (non-hydrogen) atoms. The van der Waals surface area contributed by atoms with Crippen molar-refractivity contribution >= 4 is 11.5 Å². The Morgan fingerprint density at radius 1 is 1.20 bits per heavy atom. The third kappa shape index (κ3) is 4.20. The quantitative estimate of drug-likeness (QED) is 0.478. The monoisotopic (exact) mass is 480 g/mol. The lowest BCUT2D eigenvalue weighted by Gasteiger charge is -2.44. The van der Waals surface area contributed by atoms with Crippen LogP contribution in [0.3, 0.4) is 0 Å². The van der Waals surface area contributed by atoms with Crippen LogP contribution in [0.25, 0.3) is 11.3 Å². The predicted octanol–water partition coefficient (Wildman–Crippen LogP) is 3.50. The summed E-state index contributed by atoms with van der Waals surface area (Å²) in [7, 11) is 0. The number of nitrogens with two attached hydrogens (primary N) is 2. The van der Waals surface area contributed by atoms with Gasteiger partial charge in [0, 0.05) is 24.9 Å². The highest BCUT2D eigenvalue weighted by atomic mass is 19.1. The average molecular weight is 481 g/mol. The van der Waals surface area contributed by atoms with Gasteiger partial charge >= 0.3 is 0 Å². The third-order valence-electron chi connectivity index (χ3n) is 7.09. The van der Waals surface area contributed by atoms with Crippen LogP contribution >= 0.6 is 0 Å². The van der Waals surface area contributed by atoms with E-state index in [0.717, 1.165) is 30.5 Å². The number of aromatic nitrogens is 2. The molecule has 0 spiro atoms. The molecule has 2 aromatic heterocycles. The molecule has 1 saturated heterocycles. The van der Waals surface area contributed by atoms with E-state index >= 15 is 0 Å². The fourth-order valence-electron chi connectivity index (χ4n) is 5.21. The van der Waals surface area contributed by atoms with E-state index in [-0.39, 0.29) is 35.2 Å². The number of anilines is 1. The van der Waals surface area contributed by atoms with Crippen LogP contribution in [-0.2, 0) is 11.2 Å². The first-order valence-electron chi connectivity index (χ1n) is 11.6. The highest BCUT2D eigenvalue weighted by Crippen LogP contribution is 2.45. The van der Waals surface area contributed by atoms with E-state index in [1.165, 1.54) is 18.2 Å². The summed E-state index contributed by atoms with van der Waals surface area (Å²) in [6.45, 7) is 0. The number of Topliss-reactive ketones (excluding diaryl/α,β-unsaturated/α-hetero) is 1. The summed E-state index contributed by atoms with van der Waals surface area (Å²) in [5, 5.41) is 10.9. The number of carbonyl (C=O) groups is 1. The lowest BCUT2D eigenvalue weighted by Crippen LogP contribution is -2.58. The van der Waals surface area contributed by atoms with Crippen molar-refractivity contribution in [1.29, 1.82) is 0 Å². The highest BCUT2D eigenvalue weighted by Gasteiger charge is 2.51. The second kappa shape index (κ2) is 9.07. The van der Waals surface area contributed by atoms with Gasteiger partial charge in [-0.05, 0) is 67.1 Å². The highest BCUT2D eigenvalue weighted by molar-refractivity contribution is 6.00. The minimum Gasteiger partial charge on any atom is -0.397 e. The SMILES string of the molecule is Nc1ccc(-c2c(F)cccc2F)nc1C(=O)Cc1cnccc1[C@H]1C[C@@H](N)[C@@]2(O)CCC[C@H]2O1. The topological polar surface area (TPSA) is 124 Å². The molecule has 5 N–H and O–H groups in total. The largest absolute Gasteiger partial charge is 0.397 e. The molecule has 0 unspecified atom stereocenters. The number of nitrogens with zero attached hydrogens (tertiary/aromatic N) is 2. The zero-order valence-electron chi connectivity index (χ0n) is 19.0. The van der Waals surface area contributed by atoms with Gasteiger partial charge in [-0.3, -0.25) is 9.78 Å². The van der Waals surface area contributed by atoms with E-state index in [9.17, 15) is 18.7 Å². The van der Waals surface area contributed by atoms with Gasteiger partial charge in [-0.25, -0.2) is 13.8 Å². The zero-order valence-corrected chi connectivity index (χ0v) is 19.0. The number of ether oxygens (including phenoxy) is 1. The normalized spacial score (nSPS) is 25.9. The molecule has 0 bridgehead atoms. The second-order valence-corrected chi connectivity index (χ2v) is 9.24. The van der Waals surface area contributed by atoms with Gasteiger partial charge in [0.15, 0.2) is 5.78 Å². The second-order valence-electron chi connectivity index (χ2n) is 9.24. The molecule has 0 amide bonds. The Morgan fingerprint density at radius 2 is 1.97 bits per heavy atom. The van der Waals surface area contributed by atoms with E-state index in [1.54, 1.807) is 18.5 Å². The molecule has 4 atom stereocenters. The summed E-state index contributed by atoms with van der Waals surface area (Å²) < 4.78 is 34.8. The predicted molar refractivity (Wildman–Crippen MR) is 125 cm³/mol. The van der Waals surface area contributed by atoms with Crippen molar-refractivity contribution in [2.45, 2.75) is 56.0 Å². The van der Waals surface area contributed by atoms with Gasteiger partial charge < -0.3 is 21.3 Å². The molecule has 7 nitrogen and oxygen atoms in total. The van der Waals surface area contributed by atoms with Gasteiger partial charge in [-0.2, -0.15) is 0 Å². The van der Waals surface area contributed by atoms with E-state index in [2.05, 4.69) is 9.97 Å². The first kappa shape index (κ1) is 23.5. The summed E-state index contributed by atoms with van der Waals surface area (Å²) in [6, 6.07) is 7.63. The molecule has 1 aliphatic heterocycles. The Balaban J connectivity index is 1.43. The molecule has 1 saturated carbocycles. The van der Waals surface area contributed by atoms with Gasteiger partial charge in [0.25, 0.3) is 0 Å². The minimum absolute atomic E-state index is 0.0216. The lowest BCUT2D eigenvalue weighted by atomic mass is 9.82. The summed E-state index contributed by atoms with van der Waals surface area (Å²) in [5.41, 5.74) is 12.4. The first-order valence-corrected chi connectivity index (χ1v) is 11.6. The molecule has 5 rings (SSSR count). The Bertz CT molecular complexity index is 1270. The van der Waals surface area contributed by atoms with Crippen LogP contribution in [0.15, 0.2) is 48.8 Å². The smallest absolute Gasteiger partial charge is 0.187 e. The Morgan fingerprint density at radius 3 is 2.74 bits per heavy atom. The zero-order chi connectivity index (χ0) is 24.7. The van der Waals surface area contributed by atoms with Crippen molar-refractivity contribution in [3.8, 4) is 11.3 Å². The van der Waals surface area contributed by atoms with Crippen LogP contribution in [-0.4, -0.2) is 38.6 Å². The molecule has 0 radical (unpaired) electrons. The van der Waals surface area contributed by atoms with Gasteiger partial charge in [-0.15, -0.1) is 0 Å². The van der Waals surface area contributed by atoms with Crippen molar-refractivity contribution in [3.05, 3.63) is 77.2 Å². The average Bonchev–Trinajstić information content (AvgIpc) is 3.22. The Kier molecular flexibility index (Phi) is 6.08. The number of carbonyl (C=O) groups excluding carboxylic acids is 1. The summed E-state index contributed by atoms with van der Waals surface area (Å²) >= 11 is 0. The molecule has 1 aromatic carbocycles. The van der Waals surface area contributed by atoms with Crippen LogP contribution < -0.4 is 11.5 Å². The number of fused-ring (bicyclic) bond motifs is 1. The van der Waals surface area contributed by atoms with Gasteiger partial charge in [0.05, 0.1) is 29.2 Å². The molecule has 182 valence electrons. The van der Waals surface area contributed by atoms with Crippen molar-refractivity contribution < 1.29 is 23.4 Å². The van der Waals surface area contributed by atoms with E-state index < -0.39 is 35.2 Å². The molecular formula is C26H26F2N4O3. The Hall–Kier alpha value is -3.27. The standard InChI is InChI=1S/C26H26F2N4O3/c27-16-3-1-4-17(28)24(16)19-7-6-18(29)25(32-19)20(33)11-14-13-31-10-8-15(14)21-12-22(30)26(34)9-2-5-23(26)35-21/h1,3-4,6-8,10,13,21-23,34H,2,5,9,11-12,29-30H2/t21-,22-,23-,26+/m1/s1. The van der Waals surface area contributed by atoms with Crippen LogP contribution in [0.2, 0.25) is 0 Å². The van der Waals surface area contributed by atoms with E-state index in [4.69, 9.17) is 16.2 Å². The molecule has 2 aliphatic rings. The van der Waals surface area contributed by atoms with E-state index in [1.807, 2.05) is 0 Å². The number of hydrogen-bond donors (Lipinski definition) is 3. The number of nitrogen functional groups attached to an aromatic ring is 1. The number of benzene rings is 1. The molecule has 9 heteroatoms. The summed E-state index contributed by atoms with van der Waals surface area (Å²) in [6.07, 6.45) is 4.91. The van der Waals surface area contributed by atoms with Gasteiger partial charge in [0.2, 0.25) is 0 Å². The summed E-state index contributed by atoms with van der Waals surface area (Å²) in [4.78, 5) is 21.6. The van der Waals surface area contributed by atoms with Crippen molar-refractivity contribution in [2.75, 3.05) is 5.73 Å². The van der Waals surface area contributed by atoms with Crippen molar-refractivity contribution in [2.24, 2.45) is 5.73 Å². The fourth-order valence-corrected chi connectivity index (χ4v) is 5.21. The lowest BCUT2D eigenvalue weighted by molar-refractivity contribution is -0.171. The number of rotatable bonds is 5. The van der Waals surface area contributed by atoms with Crippen LogP contribution in [0, 0.1) is 11.6 Å². The molecule has 3 aromatic rings. The summed E-state index contributed by atoms with van der Waals surface area (Å²) in [5.74, 6) is -1.99. The Labute approximate surface area is 201 Å². The molecule has 3 heterocycles. The minimum atomic E-state index is -1.03. The molecule has 2 fully saturated rings. The molecular weight excluding hydrogens is 454 g/mol.